The molecule has 0 bridgehead atoms. The van der Waals surface area contributed by atoms with Gasteiger partial charge in [-0.05, 0) is 40.7 Å². The van der Waals surface area contributed by atoms with Crippen LogP contribution >= 0.6 is 11.6 Å². The Bertz CT molecular complexity index is 1020. The highest BCUT2D eigenvalue weighted by Crippen LogP contribution is 2.34. The number of rotatable bonds is 8. The van der Waals surface area contributed by atoms with Crippen molar-refractivity contribution in [2.45, 2.75) is 32.2 Å². The highest BCUT2D eigenvalue weighted by molar-refractivity contribution is 6.32. The van der Waals surface area contributed by atoms with Gasteiger partial charge in [0, 0.05) is 43.9 Å². The molecule has 168 valence electrons. The van der Waals surface area contributed by atoms with E-state index in [0.717, 1.165) is 31.9 Å². The zero-order valence-electron chi connectivity index (χ0n) is 19.2. The maximum Gasteiger partial charge on any atom is 0.139 e. The lowest BCUT2D eigenvalue weighted by atomic mass is 9.86. The molecule has 1 heterocycles. The molecule has 0 spiro atoms. The van der Waals surface area contributed by atoms with Crippen LogP contribution in [0.1, 0.15) is 42.4 Å². The van der Waals surface area contributed by atoms with Gasteiger partial charge < -0.3 is 15.0 Å². The molecule has 3 nitrogen and oxygen atoms in total. The van der Waals surface area contributed by atoms with Gasteiger partial charge in [0.05, 0.1) is 12.1 Å². The molecule has 4 rings (SSSR count). The third kappa shape index (κ3) is 5.28. The van der Waals surface area contributed by atoms with E-state index in [-0.39, 0.29) is 0 Å². The monoisotopic (exact) mass is 448 g/mol. The molecule has 0 aliphatic carbocycles. The first-order valence-electron chi connectivity index (χ1n) is 11.5. The smallest absolute Gasteiger partial charge is 0.139 e. The third-order valence-electron chi connectivity index (χ3n) is 6.52. The maximum atomic E-state index is 6.32. The van der Waals surface area contributed by atoms with Crippen molar-refractivity contribution >= 4 is 17.3 Å². The van der Waals surface area contributed by atoms with Crippen molar-refractivity contribution in [3.8, 4) is 5.75 Å². The van der Waals surface area contributed by atoms with Gasteiger partial charge in [-0.15, -0.1) is 0 Å². The molecule has 0 radical (unpaired) electrons. The van der Waals surface area contributed by atoms with E-state index >= 15 is 0 Å². The predicted octanol–water partition coefficient (Wildman–Crippen LogP) is 6.48. The van der Waals surface area contributed by atoms with Gasteiger partial charge in [-0.1, -0.05) is 80.0 Å². The average molecular weight is 449 g/mol. The zero-order chi connectivity index (χ0) is 22.5. The summed E-state index contributed by atoms with van der Waals surface area (Å²) in [6.45, 7) is 8.38. The van der Waals surface area contributed by atoms with E-state index in [0.29, 0.717) is 28.5 Å². The molecule has 1 fully saturated rings. The number of ether oxygens (including phenoxy) is 1. The Hall–Kier alpha value is -2.49. The van der Waals surface area contributed by atoms with Crippen molar-refractivity contribution in [3.05, 3.63) is 94.5 Å². The van der Waals surface area contributed by atoms with Crippen LogP contribution in [0.4, 0.5) is 5.69 Å². The predicted molar refractivity (Wildman–Crippen MR) is 135 cm³/mol. The lowest BCUT2D eigenvalue weighted by Gasteiger charge is -2.31. The van der Waals surface area contributed by atoms with Crippen LogP contribution in [0.3, 0.4) is 0 Å². The van der Waals surface area contributed by atoms with E-state index in [1.807, 2.05) is 6.07 Å². The fraction of sp³-hybridized carbons (Fsp3) is 0.357. The van der Waals surface area contributed by atoms with Crippen molar-refractivity contribution in [2.75, 3.05) is 31.6 Å². The van der Waals surface area contributed by atoms with Crippen LogP contribution in [0.15, 0.2) is 72.8 Å². The first-order chi connectivity index (χ1) is 15.5. The van der Waals surface area contributed by atoms with Crippen LogP contribution < -0.4 is 15.0 Å². The van der Waals surface area contributed by atoms with E-state index in [2.05, 4.69) is 90.8 Å². The fourth-order valence-electron chi connectivity index (χ4n) is 4.66. The summed E-state index contributed by atoms with van der Waals surface area (Å²) in [5.74, 6) is 2.27. The molecule has 0 saturated carbocycles. The van der Waals surface area contributed by atoms with Crippen molar-refractivity contribution < 1.29 is 4.74 Å². The Balaban J connectivity index is 1.62. The molecule has 1 saturated heterocycles. The molecular formula is C28H33ClN2O. The highest BCUT2D eigenvalue weighted by atomic mass is 35.5. The average Bonchev–Trinajstić information content (AvgIpc) is 3.28. The number of anilines is 1. The number of methoxy groups -OCH3 is 1. The van der Waals surface area contributed by atoms with Crippen LogP contribution in [0.2, 0.25) is 5.02 Å². The van der Waals surface area contributed by atoms with Crippen LogP contribution in [0.25, 0.3) is 0 Å². The van der Waals surface area contributed by atoms with E-state index < -0.39 is 0 Å². The van der Waals surface area contributed by atoms with Gasteiger partial charge in [-0.25, -0.2) is 0 Å². The van der Waals surface area contributed by atoms with Crippen molar-refractivity contribution in [3.63, 3.8) is 0 Å². The molecule has 3 aromatic rings. The van der Waals surface area contributed by atoms with E-state index in [9.17, 15) is 0 Å². The molecule has 2 atom stereocenters. The highest BCUT2D eigenvalue weighted by Gasteiger charge is 2.30. The number of hydrogen-bond acceptors (Lipinski definition) is 3. The minimum absolute atomic E-state index is 0.501. The summed E-state index contributed by atoms with van der Waals surface area (Å²) in [5, 5.41) is 4.29. The summed E-state index contributed by atoms with van der Waals surface area (Å²) in [4.78, 5) is 2.46. The van der Waals surface area contributed by atoms with Gasteiger partial charge in [-0.2, -0.15) is 0 Å². The normalized spacial score (nSPS) is 18.2. The molecule has 32 heavy (non-hydrogen) atoms. The third-order valence-corrected chi connectivity index (χ3v) is 6.83. The first-order valence-corrected chi connectivity index (χ1v) is 11.9. The summed E-state index contributed by atoms with van der Waals surface area (Å²) >= 11 is 6.32. The zero-order valence-corrected chi connectivity index (χ0v) is 20.0. The number of nitrogens with one attached hydrogen (secondary N) is 1. The second-order valence-electron chi connectivity index (χ2n) is 9.03. The van der Waals surface area contributed by atoms with Crippen LogP contribution in [-0.2, 0) is 6.54 Å². The van der Waals surface area contributed by atoms with Gasteiger partial charge in [0.2, 0.25) is 0 Å². The minimum Gasteiger partial charge on any atom is -0.495 e. The molecule has 1 unspecified atom stereocenters. The van der Waals surface area contributed by atoms with Crippen LogP contribution in [-0.4, -0.2) is 26.7 Å². The quantitative estimate of drug-likeness (QED) is 0.426. The lowest BCUT2D eigenvalue weighted by molar-refractivity contribution is 0.414. The summed E-state index contributed by atoms with van der Waals surface area (Å²) in [5.41, 5.74) is 5.29. The van der Waals surface area contributed by atoms with Crippen LogP contribution in [0.5, 0.6) is 5.75 Å². The van der Waals surface area contributed by atoms with E-state index in [4.69, 9.17) is 16.3 Å². The Morgan fingerprint density at radius 2 is 1.81 bits per heavy atom. The molecule has 4 heteroatoms. The standard InChI is InChI=1S/C28H33ClN2O/c1-20(2)22-10-7-11-23(14-22)26-17-30-16-24(26)19-31(18-21-8-5-4-6-9-21)25-12-13-27(29)28(15-25)32-3/h4-15,20,24,26,30H,16-19H2,1-3H3/t24-,26?/m1/s1. The van der Waals surface area contributed by atoms with Gasteiger partial charge in [0.15, 0.2) is 0 Å². The summed E-state index contributed by atoms with van der Waals surface area (Å²) in [6.07, 6.45) is 0. The van der Waals surface area contributed by atoms with E-state index in [1.54, 1.807) is 7.11 Å². The summed E-state index contributed by atoms with van der Waals surface area (Å²) in [6, 6.07) is 25.9. The topological polar surface area (TPSA) is 24.5 Å². The number of halogens is 1. The number of hydrogen-bond donors (Lipinski definition) is 1. The second-order valence-corrected chi connectivity index (χ2v) is 9.44. The Labute approximate surface area is 197 Å². The SMILES string of the molecule is COc1cc(N(Cc2ccccc2)C[C@H]2CNCC2c2cccc(C(C)C)c2)ccc1Cl. The molecule has 1 aliphatic rings. The molecule has 0 aromatic heterocycles. The molecule has 1 aliphatic heterocycles. The largest absolute Gasteiger partial charge is 0.495 e. The van der Waals surface area contributed by atoms with Gasteiger partial charge >= 0.3 is 0 Å². The first kappa shape index (κ1) is 22.7. The molecule has 1 N–H and O–H groups in total. The van der Waals surface area contributed by atoms with E-state index in [1.165, 1.54) is 16.7 Å². The Morgan fingerprint density at radius 3 is 2.56 bits per heavy atom. The lowest BCUT2D eigenvalue weighted by Crippen LogP contribution is -2.32. The Kier molecular flexibility index (Phi) is 7.39. The Morgan fingerprint density at radius 1 is 1.00 bits per heavy atom. The fourth-order valence-corrected chi connectivity index (χ4v) is 4.85. The van der Waals surface area contributed by atoms with Gasteiger partial charge in [0.1, 0.15) is 5.75 Å². The summed E-state index contributed by atoms with van der Waals surface area (Å²) in [7, 11) is 1.67. The molecule has 3 aromatic carbocycles. The van der Waals surface area contributed by atoms with Crippen molar-refractivity contribution in [2.24, 2.45) is 5.92 Å². The van der Waals surface area contributed by atoms with Crippen molar-refractivity contribution in [1.29, 1.82) is 0 Å². The second kappa shape index (κ2) is 10.4. The summed E-state index contributed by atoms with van der Waals surface area (Å²) < 4.78 is 5.51. The number of nitrogens with zero attached hydrogens (tertiary/aromatic N) is 1. The van der Waals surface area contributed by atoms with Crippen LogP contribution in [0, 0.1) is 5.92 Å². The molecule has 0 amide bonds. The van der Waals surface area contributed by atoms with Crippen molar-refractivity contribution in [1.82, 2.24) is 5.32 Å². The van der Waals surface area contributed by atoms with Gasteiger partial charge in [-0.3, -0.25) is 0 Å². The minimum atomic E-state index is 0.501. The van der Waals surface area contributed by atoms with Gasteiger partial charge in [0.25, 0.3) is 0 Å². The maximum absolute atomic E-state index is 6.32. The molecular weight excluding hydrogens is 416 g/mol. The number of benzene rings is 3.